The number of hydrogen-bond acceptors (Lipinski definition) is 10. The van der Waals surface area contributed by atoms with Crippen molar-refractivity contribution in [3.63, 3.8) is 0 Å². The molecule has 4 N–H and O–H groups in total. The number of rotatable bonds is 11. The third-order valence-corrected chi connectivity index (χ3v) is 16.2. The molecule has 4 aliphatic heterocycles. The first-order valence-electron chi connectivity index (χ1n) is 24.2. The van der Waals surface area contributed by atoms with Crippen LogP contribution >= 0.6 is 0 Å². The van der Waals surface area contributed by atoms with Crippen molar-refractivity contribution in [2.45, 2.75) is 101 Å². The molecule has 0 spiro atoms. The van der Waals surface area contributed by atoms with Crippen LogP contribution in [0.1, 0.15) is 88.9 Å². The fraction of sp³-hybridized carbons (Fsp3) is 0.500. The normalized spacial score (nSPS) is 27.5. The number of amides is 4. The molecule has 6 aliphatic rings. The monoisotopic (exact) mass is 924 g/mol. The average Bonchev–Trinajstić information content (AvgIpc) is 3.79. The quantitative estimate of drug-likeness (QED) is 0.102. The highest BCUT2D eigenvalue weighted by atomic mass is 16.5. The van der Waals surface area contributed by atoms with E-state index in [-0.39, 0.29) is 58.6 Å². The second-order valence-electron chi connectivity index (χ2n) is 20.5. The summed E-state index contributed by atoms with van der Waals surface area (Å²) in [5.74, 6) is 1.27. The molecule has 16 nitrogen and oxygen atoms in total. The summed E-state index contributed by atoms with van der Waals surface area (Å²) < 4.78 is 21.0. The Kier molecular flexibility index (Phi) is 11.3. The van der Waals surface area contributed by atoms with Crippen molar-refractivity contribution >= 4 is 34.8 Å². The highest BCUT2D eigenvalue weighted by Crippen LogP contribution is 2.64. The van der Waals surface area contributed by atoms with Gasteiger partial charge < -0.3 is 49.3 Å². The average molecular weight is 925 g/mol. The summed E-state index contributed by atoms with van der Waals surface area (Å²) in [5, 5.41) is 7.94. The highest BCUT2D eigenvalue weighted by Gasteiger charge is 2.65. The third kappa shape index (κ3) is 8.08. The second-order valence-corrected chi connectivity index (χ2v) is 20.5. The van der Waals surface area contributed by atoms with E-state index in [4.69, 9.17) is 28.9 Å². The number of aromatic nitrogens is 4. The second kappa shape index (κ2) is 17.4. The van der Waals surface area contributed by atoms with Gasteiger partial charge in [0.2, 0.25) is 11.8 Å². The van der Waals surface area contributed by atoms with Crippen molar-refractivity contribution in [3.05, 3.63) is 84.7 Å². The van der Waals surface area contributed by atoms with Crippen LogP contribution in [0.2, 0.25) is 0 Å². The van der Waals surface area contributed by atoms with Crippen LogP contribution in [0.5, 0.6) is 0 Å². The number of nitrogens with one attached hydrogen (secondary N) is 4. The smallest absolute Gasteiger partial charge is 0.407 e. The zero-order valence-electron chi connectivity index (χ0n) is 39.1. The number of fused-ring (bicyclic) bond motifs is 3. The number of nitrogens with zero attached hydrogens (tertiary/aromatic N) is 4. The van der Waals surface area contributed by atoms with Crippen molar-refractivity contribution in [2.75, 3.05) is 40.6 Å². The van der Waals surface area contributed by atoms with Gasteiger partial charge in [0.15, 0.2) is 0 Å². The molecule has 4 amide bonds. The number of piperidine rings is 2. The topological polar surface area (TPSA) is 193 Å². The van der Waals surface area contributed by atoms with Crippen LogP contribution < -0.4 is 10.6 Å². The Balaban J connectivity index is 0.779. The van der Waals surface area contributed by atoms with Crippen LogP contribution in [-0.4, -0.2) is 119 Å². The predicted octanol–water partition coefficient (Wildman–Crippen LogP) is 7.69. The van der Waals surface area contributed by atoms with Gasteiger partial charge in [0.1, 0.15) is 23.7 Å². The lowest BCUT2D eigenvalue weighted by molar-refractivity contribution is -0.138. The maximum atomic E-state index is 14.4. The van der Waals surface area contributed by atoms with E-state index in [1.165, 1.54) is 14.2 Å². The summed E-state index contributed by atoms with van der Waals surface area (Å²) in [4.78, 5) is 74.5. The van der Waals surface area contributed by atoms with Gasteiger partial charge in [0.25, 0.3) is 0 Å². The van der Waals surface area contributed by atoms with E-state index >= 15 is 0 Å². The van der Waals surface area contributed by atoms with Crippen LogP contribution in [0.25, 0.3) is 44.4 Å². The van der Waals surface area contributed by atoms with Gasteiger partial charge in [-0.15, -0.1) is 0 Å². The molecule has 6 heterocycles. The Morgan fingerprint density at radius 1 is 0.603 bits per heavy atom. The van der Waals surface area contributed by atoms with E-state index < -0.39 is 24.3 Å². The van der Waals surface area contributed by atoms with Crippen molar-refractivity contribution in [1.82, 2.24) is 40.4 Å². The molecule has 11 rings (SSSR count). The van der Waals surface area contributed by atoms with Gasteiger partial charge in [-0.05, 0) is 114 Å². The molecular formula is C52H60N8O8. The van der Waals surface area contributed by atoms with Crippen molar-refractivity contribution in [3.8, 4) is 33.6 Å². The molecule has 0 unspecified atom stereocenters. The molecule has 2 aliphatic carbocycles. The van der Waals surface area contributed by atoms with Crippen LogP contribution in [0.4, 0.5) is 9.59 Å². The zero-order chi connectivity index (χ0) is 46.9. The third-order valence-electron chi connectivity index (χ3n) is 16.2. The lowest BCUT2D eigenvalue weighted by atomic mass is 9.90. The summed E-state index contributed by atoms with van der Waals surface area (Å²) >= 11 is 0. The summed E-state index contributed by atoms with van der Waals surface area (Å²) in [6.07, 6.45) is 8.75. The van der Waals surface area contributed by atoms with Crippen LogP contribution in [0, 0.1) is 22.7 Å². The number of methoxy groups -OCH3 is 2. The maximum Gasteiger partial charge on any atom is 0.407 e. The van der Waals surface area contributed by atoms with Crippen molar-refractivity contribution in [2.24, 2.45) is 22.7 Å². The summed E-state index contributed by atoms with van der Waals surface area (Å²) in [7, 11) is 2.65. The van der Waals surface area contributed by atoms with Crippen LogP contribution in [0.15, 0.2) is 73.1 Å². The molecular weight excluding hydrogens is 865 g/mol. The Bertz CT molecular complexity index is 2740. The molecule has 3 aromatic carbocycles. The number of ether oxygens (including phenoxy) is 4. The minimum absolute atomic E-state index is 0.0184. The van der Waals surface area contributed by atoms with Gasteiger partial charge in [-0.3, -0.25) is 9.59 Å². The number of carbonyl (C=O) groups is 4. The van der Waals surface area contributed by atoms with E-state index in [9.17, 15) is 19.2 Å². The number of benzene rings is 3. The lowest BCUT2D eigenvalue weighted by Gasteiger charge is -2.35. The minimum Gasteiger partial charge on any atom is -0.453 e. The fourth-order valence-electron chi connectivity index (χ4n) is 12.0. The van der Waals surface area contributed by atoms with Crippen LogP contribution in [-0.2, 0) is 28.5 Å². The summed E-state index contributed by atoms with van der Waals surface area (Å²) in [6.45, 7) is 6.71. The van der Waals surface area contributed by atoms with Crippen molar-refractivity contribution in [1.29, 1.82) is 0 Å². The number of likely N-dealkylation sites (tertiary alicyclic amines) is 2. The number of carbonyl (C=O) groups excluding carboxylic acids is 4. The van der Waals surface area contributed by atoms with E-state index in [0.717, 1.165) is 81.7 Å². The fourth-order valence-corrected chi connectivity index (χ4v) is 12.0. The molecule has 2 aromatic heterocycles. The first-order valence-corrected chi connectivity index (χ1v) is 24.2. The Hall–Kier alpha value is -6.26. The number of H-pyrrole nitrogens is 2. The van der Waals surface area contributed by atoms with E-state index in [1.807, 2.05) is 22.2 Å². The standard InChI is InChI=1S/C52H60N8O8/c1-51-23-39(59(41(51)25-51)47(61)43(57-49(63)65-3)31-13-17-67-18-14-31)45-53-27-37(55-45)30-7-5-29(6-8-30)33-9-10-35-22-36(12-11-34(35)21-33)38-28-54-46(56-38)40-24-52(2)26-42(52)60(40)48(62)44(58-50(64)66-4)32-15-19-68-20-16-32/h5-12,21-22,27-28,31-32,39-44H,13-20,23-26H2,1-4H3,(H,53,55)(H,54,56)(H,57,63)(H,58,64)/t39-,40-,41+,42+,43-,44-,51-,52-/m0/s1. The van der Waals surface area contributed by atoms with Crippen molar-refractivity contribution < 1.29 is 38.1 Å². The molecule has 4 saturated heterocycles. The van der Waals surface area contributed by atoms with Gasteiger partial charge in [-0.1, -0.05) is 62.4 Å². The molecule has 16 heteroatoms. The molecule has 0 bridgehead atoms. The molecule has 8 atom stereocenters. The maximum absolute atomic E-state index is 14.4. The predicted molar refractivity (Wildman–Crippen MR) is 252 cm³/mol. The highest BCUT2D eigenvalue weighted by molar-refractivity contribution is 5.91. The van der Waals surface area contributed by atoms with E-state index in [1.54, 1.807) is 0 Å². The lowest BCUT2D eigenvalue weighted by Crippen LogP contribution is -2.54. The molecule has 0 radical (unpaired) electrons. The minimum atomic E-state index is -0.692. The molecule has 6 fully saturated rings. The van der Waals surface area contributed by atoms with Gasteiger partial charge in [-0.25, -0.2) is 19.6 Å². The molecule has 68 heavy (non-hydrogen) atoms. The number of imidazole rings is 2. The van der Waals surface area contributed by atoms with Gasteiger partial charge >= 0.3 is 12.2 Å². The number of hydrogen-bond donors (Lipinski definition) is 4. The van der Waals surface area contributed by atoms with Gasteiger partial charge in [0, 0.05) is 44.1 Å². The SMILES string of the molecule is COC(=O)N[C@H](C(=O)N1[C@H](c2ncc(-c3ccc(-c4ccc5cc(-c6cnc([C@@H]7C[C@@]8(C)C[C@H]8N7C(=O)[C@@H](NC(=O)OC)C7CCOCC7)[nH]6)ccc5c4)cc3)[nH]2)C[C@@]2(C)C[C@@H]12)C1CCOCC1. The molecule has 356 valence electrons. The van der Waals surface area contributed by atoms with E-state index in [0.29, 0.717) is 52.1 Å². The van der Waals surface area contributed by atoms with Crippen LogP contribution in [0.3, 0.4) is 0 Å². The summed E-state index contributed by atoms with van der Waals surface area (Å²) in [6, 6.07) is 19.7. The first-order chi connectivity index (χ1) is 32.9. The van der Waals surface area contributed by atoms with Gasteiger partial charge in [-0.2, -0.15) is 0 Å². The zero-order valence-corrected chi connectivity index (χ0v) is 39.1. The Morgan fingerprint density at radius 3 is 1.49 bits per heavy atom. The molecule has 5 aromatic rings. The largest absolute Gasteiger partial charge is 0.453 e. The first kappa shape index (κ1) is 44.3. The van der Waals surface area contributed by atoms with E-state index in [2.05, 4.69) is 95.1 Å². The summed E-state index contributed by atoms with van der Waals surface area (Å²) in [5.41, 5.74) is 5.96. The molecule has 2 saturated carbocycles. The van der Waals surface area contributed by atoms with Gasteiger partial charge in [0.05, 0.1) is 50.1 Å². The number of aromatic amines is 2. The number of alkyl carbamates (subject to hydrolysis) is 2. The Morgan fingerprint density at radius 2 is 1.01 bits per heavy atom. The Labute approximate surface area is 395 Å².